The van der Waals surface area contributed by atoms with E-state index in [1.807, 2.05) is 0 Å². The summed E-state index contributed by atoms with van der Waals surface area (Å²) >= 11 is 0. The normalized spacial score (nSPS) is 14.5. The van der Waals surface area contributed by atoms with Crippen molar-refractivity contribution in [2.24, 2.45) is 0 Å². The van der Waals surface area contributed by atoms with Crippen LogP contribution < -0.4 is 0 Å². The quantitative estimate of drug-likeness (QED) is 0.602. The molecule has 3 heteroatoms. The molecule has 0 spiro atoms. The number of hydrogen-bond donors (Lipinski definition) is 0. The predicted molar refractivity (Wildman–Crippen MR) is 72.3 cm³/mol. The molecule has 92 valence electrons. The van der Waals surface area contributed by atoms with Gasteiger partial charge in [0.1, 0.15) is 0 Å². The number of methoxy groups -OCH3 is 1. The number of rotatable bonds is 3. The van der Waals surface area contributed by atoms with Gasteiger partial charge in [-0.3, -0.25) is 0 Å². The first-order valence-corrected chi connectivity index (χ1v) is 9.42. The molecule has 0 fully saturated rings. The highest BCUT2D eigenvalue weighted by Crippen LogP contribution is 2.29. The molecule has 0 N–H and O–H groups in total. The van der Waals surface area contributed by atoms with E-state index in [0.29, 0.717) is 0 Å². The van der Waals surface area contributed by atoms with Gasteiger partial charge in [-0.2, -0.15) is 0 Å². The lowest BCUT2D eigenvalue weighted by Gasteiger charge is -2.22. The molecule has 0 atom stereocenters. The lowest BCUT2D eigenvalue weighted by Crippen LogP contribution is -2.26. The van der Waals surface area contributed by atoms with Gasteiger partial charge in [-0.1, -0.05) is 24.3 Å². The van der Waals surface area contributed by atoms with Crippen LogP contribution in [0.2, 0.25) is 19.6 Å². The maximum atomic E-state index is 6.00. The molecular formula is C14H20O2Si. The zero-order chi connectivity index (χ0) is 12.5. The van der Waals surface area contributed by atoms with Crippen molar-refractivity contribution in [1.82, 2.24) is 0 Å². The molecule has 1 aliphatic carbocycles. The van der Waals surface area contributed by atoms with E-state index in [9.17, 15) is 0 Å². The SMILES string of the molecule is COC(O[Si](C)(C)C)=C1Cc2ccccc2C1. The third kappa shape index (κ3) is 2.91. The molecule has 0 radical (unpaired) electrons. The summed E-state index contributed by atoms with van der Waals surface area (Å²) in [6.07, 6.45) is 1.92. The lowest BCUT2D eigenvalue weighted by molar-refractivity contribution is 0.141. The van der Waals surface area contributed by atoms with Crippen LogP contribution in [0.3, 0.4) is 0 Å². The summed E-state index contributed by atoms with van der Waals surface area (Å²) in [4.78, 5) is 0. The van der Waals surface area contributed by atoms with E-state index >= 15 is 0 Å². The summed E-state index contributed by atoms with van der Waals surface area (Å²) < 4.78 is 11.4. The van der Waals surface area contributed by atoms with Gasteiger partial charge in [0.25, 0.3) is 5.95 Å². The molecule has 1 aromatic rings. The summed E-state index contributed by atoms with van der Waals surface area (Å²) in [7, 11) is 0.105. The van der Waals surface area contributed by atoms with Crippen LogP contribution in [0.25, 0.3) is 0 Å². The van der Waals surface area contributed by atoms with Crippen LogP contribution in [0.4, 0.5) is 0 Å². The Morgan fingerprint density at radius 2 is 1.59 bits per heavy atom. The largest absolute Gasteiger partial charge is 0.520 e. The van der Waals surface area contributed by atoms with Crippen molar-refractivity contribution in [3.8, 4) is 0 Å². The highest BCUT2D eigenvalue weighted by Gasteiger charge is 2.24. The zero-order valence-electron chi connectivity index (χ0n) is 11.0. The fraction of sp³-hybridized carbons (Fsp3) is 0.429. The Kier molecular flexibility index (Phi) is 3.29. The summed E-state index contributed by atoms with van der Waals surface area (Å²) in [5, 5.41) is 0. The third-order valence-electron chi connectivity index (χ3n) is 2.80. The van der Waals surface area contributed by atoms with Gasteiger partial charge in [0.15, 0.2) is 0 Å². The van der Waals surface area contributed by atoms with Gasteiger partial charge in [0, 0.05) is 18.4 Å². The minimum absolute atomic E-state index is 0.750. The first-order chi connectivity index (χ1) is 7.99. The Bertz CT molecular complexity index is 417. The van der Waals surface area contributed by atoms with Crippen molar-refractivity contribution in [2.75, 3.05) is 7.11 Å². The van der Waals surface area contributed by atoms with E-state index in [4.69, 9.17) is 9.16 Å². The van der Waals surface area contributed by atoms with Crippen LogP contribution >= 0.6 is 0 Å². The van der Waals surface area contributed by atoms with Gasteiger partial charge in [0.05, 0.1) is 7.11 Å². The minimum Gasteiger partial charge on any atom is -0.520 e. The molecule has 0 amide bonds. The van der Waals surface area contributed by atoms with Gasteiger partial charge in [0.2, 0.25) is 8.32 Å². The van der Waals surface area contributed by atoms with Gasteiger partial charge in [-0.25, -0.2) is 0 Å². The maximum Gasteiger partial charge on any atom is 0.264 e. The zero-order valence-corrected chi connectivity index (χ0v) is 12.0. The second-order valence-electron chi connectivity index (χ2n) is 5.43. The highest BCUT2D eigenvalue weighted by atomic mass is 28.4. The van der Waals surface area contributed by atoms with Gasteiger partial charge < -0.3 is 9.16 Å². The fourth-order valence-electron chi connectivity index (χ4n) is 2.11. The number of ether oxygens (including phenoxy) is 1. The number of allylic oxidation sites excluding steroid dienone is 1. The van der Waals surface area contributed by atoms with E-state index < -0.39 is 8.32 Å². The fourth-order valence-corrected chi connectivity index (χ4v) is 2.89. The molecular weight excluding hydrogens is 228 g/mol. The van der Waals surface area contributed by atoms with E-state index in [1.54, 1.807) is 7.11 Å². The Morgan fingerprint density at radius 1 is 1.06 bits per heavy atom. The molecule has 0 saturated heterocycles. The molecule has 2 rings (SSSR count). The summed E-state index contributed by atoms with van der Waals surface area (Å²) in [5.41, 5.74) is 4.07. The predicted octanol–water partition coefficient (Wildman–Crippen LogP) is 3.49. The monoisotopic (exact) mass is 248 g/mol. The Hall–Kier alpha value is -1.22. The molecule has 0 unspecified atom stereocenters. The molecule has 0 saturated carbocycles. The van der Waals surface area contributed by atoms with Crippen LogP contribution in [-0.2, 0) is 22.0 Å². The van der Waals surface area contributed by atoms with Crippen molar-refractivity contribution in [2.45, 2.75) is 32.5 Å². The Labute approximate surface area is 104 Å². The second-order valence-corrected chi connectivity index (χ2v) is 9.86. The standard InChI is InChI=1S/C14H20O2Si/c1-15-14(16-17(2,3)4)13-9-11-7-5-6-8-12(11)10-13/h5-8H,9-10H2,1-4H3. The minimum atomic E-state index is -1.60. The average molecular weight is 248 g/mol. The topological polar surface area (TPSA) is 18.5 Å². The smallest absolute Gasteiger partial charge is 0.264 e. The van der Waals surface area contributed by atoms with Gasteiger partial charge in [-0.05, 0) is 30.8 Å². The van der Waals surface area contributed by atoms with Gasteiger partial charge >= 0.3 is 0 Å². The molecule has 1 aromatic carbocycles. The first-order valence-electron chi connectivity index (χ1n) is 6.01. The van der Waals surface area contributed by atoms with E-state index in [-0.39, 0.29) is 0 Å². The third-order valence-corrected chi connectivity index (χ3v) is 3.60. The number of benzene rings is 1. The highest BCUT2D eigenvalue weighted by molar-refractivity contribution is 6.70. The van der Waals surface area contributed by atoms with Crippen LogP contribution in [0, 0.1) is 0 Å². The molecule has 0 aliphatic heterocycles. The summed E-state index contributed by atoms with van der Waals surface area (Å²) in [6, 6.07) is 8.55. The van der Waals surface area contributed by atoms with Crippen molar-refractivity contribution in [1.29, 1.82) is 0 Å². The van der Waals surface area contributed by atoms with E-state index in [2.05, 4.69) is 43.9 Å². The maximum absolute atomic E-state index is 6.00. The van der Waals surface area contributed by atoms with Crippen LogP contribution in [0.1, 0.15) is 11.1 Å². The molecule has 0 bridgehead atoms. The van der Waals surface area contributed by atoms with Crippen LogP contribution in [-0.4, -0.2) is 15.4 Å². The van der Waals surface area contributed by atoms with Crippen molar-refractivity contribution in [3.63, 3.8) is 0 Å². The van der Waals surface area contributed by atoms with Crippen molar-refractivity contribution in [3.05, 3.63) is 46.9 Å². The number of hydrogen-bond acceptors (Lipinski definition) is 2. The van der Waals surface area contributed by atoms with Crippen molar-refractivity contribution >= 4 is 8.32 Å². The average Bonchev–Trinajstić information content (AvgIpc) is 2.67. The van der Waals surface area contributed by atoms with Crippen molar-refractivity contribution < 1.29 is 9.16 Å². The number of fused-ring (bicyclic) bond motifs is 1. The lowest BCUT2D eigenvalue weighted by atomic mass is 10.1. The van der Waals surface area contributed by atoms with E-state index in [0.717, 1.165) is 18.8 Å². The summed E-state index contributed by atoms with van der Waals surface area (Å²) in [6.45, 7) is 6.53. The van der Waals surface area contributed by atoms with Gasteiger partial charge in [-0.15, -0.1) is 0 Å². The molecule has 0 aromatic heterocycles. The summed E-state index contributed by atoms with van der Waals surface area (Å²) in [5.74, 6) is 0.750. The molecule has 1 aliphatic rings. The van der Waals surface area contributed by atoms with Crippen LogP contribution in [0.15, 0.2) is 35.8 Å². The molecule has 2 nitrogen and oxygen atoms in total. The molecule has 17 heavy (non-hydrogen) atoms. The molecule has 0 heterocycles. The first kappa shape index (κ1) is 12.2. The second kappa shape index (κ2) is 4.57. The Balaban J connectivity index is 2.24. The van der Waals surface area contributed by atoms with Crippen LogP contribution in [0.5, 0.6) is 0 Å². The Morgan fingerprint density at radius 3 is 2.00 bits per heavy atom. The van der Waals surface area contributed by atoms with E-state index in [1.165, 1.54) is 16.7 Å².